The molecule has 0 saturated carbocycles. The SMILES string of the molecule is CC(O)CC(Cl)Cl.FCC(F)(F)Cl. The van der Waals surface area contributed by atoms with Gasteiger partial charge in [0.1, 0.15) is 4.84 Å². The van der Waals surface area contributed by atoms with E-state index in [1.165, 1.54) is 0 Å². The van der Waals surface area contributed by atoms with Gasteiger partial charge in [0.15, 0.2) is 6.67 Å². The number of hydrogen-bond acceptors (Lipinski definition) is 1. The molecule has 1 atom stereocenters. The third-order valence-electron chi connectivity index (χ3n) is 0.671. The molecule has 0 aliphatic heterocycles. The molecule has 1 nitrogen and oxygen atoms in total. The maximum atomic E-state index is 10.8. The van der Waals surface area contributed by atoms with Gasteiger partial charge in [-0.15, -0.1) is 23.2 Å². The highest BCUT2D eigenvalue weighted by Crippen LogP contribution is 2.17. The summed E-state index contributed by atoms with van der Waals surface area (Å²) in [4.78, 5) is -0.431. The average Bonchev–Trinajstić information content (AvgIpc) is 1.84. The fraction of sp³-hybridized carbons (Fsp3) is 1.00. The zero-order valence-corrected chi connectivity index (χ0v) is 9.05. The molecule has 0 heterocycles. The quantitative estimate of drug-likeness (QED) is 0.773. The summed E-state index contributed by atoms with van der Waals surface area (Å²) in [6.45, 7) is -0.147. The summed E-state index contributed by atoms with van der Waals surface area (Å²) >= 11 is 14.6. The van der Waals surface area contributed by atoms with E-state index in [-0.39, 0.29) is 6.10 Å². The van der Waals surface area contributed by atoms with Gasteiger partial charge in [0.05, 0.1) is 6.10 Å². The minimum absolute atomic E-state index is 0.389. The van der Waals surface area contributed by atoms with Gasteiger partial charge >= 0.3 is 5.38 Å². The summed E-state index contributed by atoms with van der Waals surface area (Å²) < 4.78 is 32.3. The molecule has 1 N–H and O–H groups in total. The van der Waals surface area contributed by atoms with Crippen molar-refractivity contribution in [2.24, 2.45) is 0 Å². The van der Waals surface area contributed by atoms with E-state index in [0.717, 1.165) is 0 Å². The van der Waals surface area contributed by atoms with Crippen LogP contribution in [0.2, 0.25) is 0 Å². The molecule has 0 rings (SSSR count). The Bertz CT molecular complexity index is 110. The first kappa shape index (κ1) is 16.1. The molecule has 82 valence electrons. The van der Waals surface area contributed by atoms with Crippen molar-refractivity contribution < 1.29 is 18.3 Å². The van der Waals surface area contributed by atoms with E-state index in [9.17, 15) is 13.2 Å². The first-order valence-corrected chi connectivity index (χ1v) is 4.53. The molecule has 0 aliphatic carbocycles. The molecular weight excluding hydrogens is 251 g/mol. The van der Waals surface area contributed by atoms with Gasteiger partial charge in [0.2, 0.25) is 0 Å². The Hall–Kier alpha value is 0.620. The lowest BCUT2D eigenvalue weighted by atomic mass is 10.3. The molecule has 0 bridgehead atoms. The van der Waals surface area contributed by atoms with E-state index in [1.54, 1.807) is 6.92 Å². The molecule has 0 radical (unpaired) electrons. The Kier molecular flexibility index (Phi) is 9.85. The Balaban J connectivity index is 0. The largest absolute Gasteiger partial charge is 0.393 e. The van der Waals surface area contributed by atoms with Gasteiger partial charge in [-0.1, -0.05) is 0 Å². The summed E-state index contributed by atoms with van der Waals surface area (Å²) in [6.07, 6.45) is 0.0586. The Morgan fingerprint density at radius 1 is 1.38 bits per heavy atom. The molecule has 0 aromatic carbocycles. The second-order valence-electron chi connectivity index (χ2n) is 2.22. The van der Waals surface area contributed by atoms with Crippen molar-refractivity contribution in [3.8, 4) is 0 Å². The van der Waals surface area contributed by atoms with Crippen LogP contribution in [0.4, 0.5) is 13.2 Å². The summed E-state index contributed by atoms with van der Waals surface area (Å²) in [6, 6.07) is 0. The lowest BCUT2D eigenvalue weighted by molar-refractivity contribution is 0.0653. The molecule has 1 unspecified atom stereocenters. The maximum Gasteiger partial charge on any atom is 0.349 e. The van der Waals surface area contributed by atoms with Crippen LogP contribution in [0.15, 0.2) is 0 Å². The van der Waals surface area contributed by atoms with Gasteiger partial charge in [-0.3, -0.25) is 0 Å². The Morgan fingerprint density at radius 3 is 1.69 bits per heavy atom. The number of rotatable bonds is 3. The third-order valence-corrected chi connectivity index (χ3v) is 1.13. The smallest absolute Gasteiger partial charge is 0.349 e. The van der Waals surface area contributed by atoms with Gasteiger partial charge < -0.3 is 5.11 Å². The molecule has 7 heteroatoms. The van der Waals surface area contributed by atoms with Crippen molar-refractivity contribution in [3.63, 3.8) is 0 Å². The highest BCUT2D eigenvalue weighted by Gasteiger charge is 2.23. The fourth-order valence-corrected chi connectivity index (χ4v) is 0.774. The molecule has 0 fully saturated rings. The Labute approximate surface area is 89.8 Å². The van der Waals surface area contributed by atoms with E-state index in [4.69, 9.17) is 28.3 Å². The second-order valence-corrected chi connectivity index (χ2v) is 4.05. The van der Waals surface area contributed by atoms with Crippen molar-refractivity contribution in [2.45, 2.75) is 29.7 Å². The monoisotopic (exact) mass is 260 g/mol. The van der Waals surface area contributed by atoms with E-state index in [1.807, 2.05) is 0 Å². The average molecular weight is 261 g/mol. The topological polar surface area (TPSA) is 20.2 Å². The fourth-order valence-electron chi connectivity index (χ4n) is 0.258. The van der Waals surface area contributed by atoms with Crippen LogP contribution in [-0.2, 0) is 0 Å². The number of alkyl halides is 6. The van der Waals surface area contributed by atoms with E-state index < -0.39 is 16.9 Å². The standard InChI is InChI=1S/C4H8Cl2O.C2H2ClF3/c1-3(7)2-4(5)6;3-2(5,6)1-4/h3-4,7H,2H2,1H3;1H2. The van der Waals surface area contributed by atoms with Gasteiger partial charge in [-0.05, 0) is 18.5 Å². The molecule has 0 amide bonds. The van der Waals surface area contributed by atoms with Crippen molar-refractivity contribution in [1.82, 2.24) is 0 Å². The molecule has 0 aromatic heterocycles. The van der Waals surface area contributed by atoms with E-state index in [2.05, 4.69) is 11.6 Å². The van der Waals surface area contributed by atoms with Crippen LogP contribution < -0.4 is 0 Å². The molecule has 0 saturated heterocycles. The van der Waals surface area contributed by atoms with E-state index in [0.29, 0.717) is 6.42 Å². The number of aliphatic hydroxyl groups is 1. The minimum Gasteiger partial charge on any atom is -0.393 e. The van der Waals surface area contributed by atoms with Gasteiger partial charge in [-0.2, -0.15) is 8.78 Å². The summed E-state index contributed by atoms with van der Waals surface area (Å²) in [7, 11) is 0. The highest BCUT2D eigenvalue weighted by atomic mass is 35.5. The molecule has 13 heavy (non-hydrogen) atoms. The Morgan fingerprint density at radius 2 is 1.69 bits per heavy atom. The van der Waals surface area contributed by atoms with E-state index >= 15 is 0 Å². The predicted molar refractivity (Wildman–Crippen MR) is 48.6 cm³/mol. The summed E-state index contributed by atoms with van der Waals surface area (Å²) in [5.41, 5.74) is 0. The van der Waals surface area contributed by atoms with Crippen molar-refractivity contribution in [3.05, 3.63) is 0 Å². The van der Waals surface area contributed by atoms with Crippen molar-refractivity contribution in [2.75, 3.05) is 6.67 Å². The zero-order chi connectivity index (χ0) is 11.1. The third kappa shape index (κ3) is 24.5. The first-order valence-electron chi connectivity index (χ1n) is 3.28. The molecule has 0 aromatic rings. The normalized spacial score (nSPS) is 13.6. The number of aliphatic hydroxyl groups excluding tert-OH is 1. The van der Waals surface area contributed by atoms with Crippen LogP contribution in [-0.4, -0.2) is 28.1 Å². The van der Waals surface area contributed by atoms with Crippen LogP contribution in [0, 0.1) is 0 Å². The number of hydrogen-bond donors (Lipinski definition) is 1. The summed E-state index contributed by atoms with van der Waals surface area (Å²) in [5, 5.41) is 4.90. The van der Waals surface area contributed by atoms with Crippen LogP contribution in [0.3, 0.4) is 0 Å². The lowest BCUT2D eigenvalue weighted by Crippen LogP contribution is -2.06. The van der Waals surface area contributed by atoms with Crippen LogP contribution in [0.1, 0.15) is 13.3 Å². The van der Waals surface area contributed by atoms with Gasteiger partial charge in [-0.25, -0.2) is 4.39 Å². The van der Waals surface area contributed by atoms with Crippen LogP contribution in [0.5, 0.6) is 0 Å². The lowest BCUT2D eigenvalue weighted by Gasteiger charge is -2.01. The summed E-state index contributed by atoms with van der Waals surface area (Å²) in [5.74, 6) is 0. The van der Waals surface area contributed by atoms with Gasteiger partial charge in [0, 0.05) is 6.42 Å². The predicted octanol–water partition coefficient (Wildman–Crippen LogP) is 3.35. The van der Waals surface area contributed by atoms with Crippen LogP contribution in [0.25, 0.3) is 0 Å². The molecule has 0 aliphatic rings. The van der Waals surface area contributed by atoms with Gasteiger partial charge in [0.25, 0.3) is 0 Å². The van der Waals surface area contributed by atoms with Crippen molar-refractivity contribution >= 4 is 34.8 Å². The number of halogens is 6. The first-order chi connectivity index (χ1) is 5.69. The molecule has 0 spiro atoms. The highest BCUT2D eigenvalue weighted by molar-refractivity contribution is 6.44. The maximum absolute atomic E-state index is 10.8. The molecular formula is C6H10Cl3F3O. The zero-order valence-electron chi connectivity index (χ0n) is 6.78. The van der Waals surface area contributed by atoms with Crippen LogP contribution >= 0.6 is 34.8 Å². The minimum atomic E-state index is -3.65. The van der Waals surface area contributed by atoms with Crippen molar-refractivity contribution in [1.29, 1.82) is 0 Å². The second kappa shape index (κ2) is 7.97.